The third-order valence-electron chi connectivity index (χ3n) is 4.22. The van der Waals surface area contributed by atoms with Crippen molar-refractivity contribution < 1.29 is 9.53 Å². The van der Waals surface area contributed by atoms with Gasteiger partial charge in [-0.05, 0) is 37.7 Å². The fourth-order valence-corrected chi connectivity index (χ4v) is 2.83. The number of rotatable bonds is 7. The summed E-state index contributed by atoms with van der Waals surface area (Å²) >= 11 is 0. The second-order valence-corrected chi connectivity index (χ2v) is 6.13. The molecule has 1 N–H and O–H groups in total. The van der Waals surface area contributed by atoms with Gasteiger partial charge in [0.1, 0.15) is 18.6 Å². The summed E-state index contributed by atoms with van der Waals surface area (Å²) in [6, 6.07) is 11.4. The summed E-state index contributed by atoms with van der Waals surface area (Å²) in [5, 5.41) is 2.92. The molecule has 1 heterocycles. The van der Waals surface area contributed by atoms with E-state index in [9.17, 15) is 4.79 Å². The first-order chi connectivity index (χ1) is 12.3. The molecular weight excluding hydrogens is 314 g/mol. The lowest BCUT2D eigenvalue weighted by Gasteiger charge is -2.13. The lowest BCUT2D eigenvalue weighted by molar-refractivity contribution is 0.0948. The molecule has 5 heteroatoms. The van der Waals surface area contributed by atoms with Crippen molar-refractivity contribution in [3.63, 3.8) is 0 Å². The minimum atomic E-state index is -0.191. The molecule has 130 valence electrons. The van der Waals surface area contributed by atoms with Gasteiger partial charge in [-0.15, -0.1) is 0 Å². The largest absolute Gasteiger partial charge is 0.473 e. The van der Waals surface area contributed by atoms with Crippen molar-refractivity contribution in [2.75, 3.05) is 6.54 Å². The van der Waals surface area contributed by atoms with E-state index in [1.807, 2.05) is 30.3 Å². The van der Waals surface area contributed by atoms with Crippen molar-refractivity contribution in [1.82, 2.24) is 15.3 Å². The summed E-state index contributed by atoms with van der Waals surface area (Å²) in [6.45, 7) is 1.04. The molecule has 0 bridgehead atoms. The molecule has 0 saturated carbocycles. The highest BCUT2D eigenvalue weighted by Gasteiger charge is 2.10. The number of nitrogens with zero attached hydrogens (tertiary/aromatic N) is 2. The average Bonchev–Trinajstić information content (AvgIpc) is 2.68. The maximum atomic E-state index is 12.2. The summed E-state index contributed by atoms with van der Waals surface area (Å²) in [5.41, 5.74) is 2.82. The van der Waals surface area contributed by atoms with Gasteiger partial charge in [0, 0.05) is 12.6 Å². The summed E-state index contributed by atoms with van der Waals surface area (Å²) in [5.74, 6) is 0.211. The molecule has 2 aromatic rings. The molecule has 5 nitrogen and oxygen atoms in total. The van der Waals surface area contributed by atoms with Crippen LogP contribution in [0.25, 0.3) is 0 Å². The van der Waals surface area contributed by atoms with E-state index in [4.69, 9.17) is 4.74 Å². The van der Waals surface area contributed by atoms with Crippen LogP contribution in [-0.2, 0) is 6.61 Å². The Balaban J connectivity index is 1.49. The zero-order valence-corrected chi connectivity index (χ0v) is 14.3. The SMILES string of the molecule is O=C(NCCC1=CCCCC1)c1cc(OCc2ccccc2)ncn1. The highest BCUT2D eigenvalue weighted by Crippen LogP contribution is 2.19. The Kier molecular flexibility index (Phi) is 6.15. The molecule has 1 aliphatic carbocycles. The number of ether oxygens (including phenoxy) is 1. The Morgan fingerprint density at radius 3 is 2.84 bits per heavy atom. The standard InChI is InChI=1S/C20H23N3O2/c24-20(21-12-11-16-7-3-1-4-8-16)18-13-19(23-15-22-18)25-14-17-9-5-2-6-10-17/h2,5-7,9-10,13,15H,1,3-4,8,11-12,14H2,(H,21,24). The molecule has 0 aliphatic heterocycles. The fourth-order valence-electron chi connectivity index (χ4n) is 2.83. The molecule has 0 radical (unpaired) electrons. The van der Waals surface area contributed by atoms with Crippen molar-refractivity contribution >= 4 is 5.91 Å². The van der Waals surface area contributed by atoms with Crippen molar-refractivity contribution in [2.45, 2.75) is 38.7 Å². The molecule has 0 saturated heterocycles. The van der Waals surface area contributed by atoms with Crippen molar-refractivity contribution in [1.29, 1.82) is 0 Å². The number of carbonyl (C=O) groups is 1. The molecular formula is C20H23N3O2. The minimum Gasteiger partial charge on any atom is -0.473 e. The highest BCUT2D eigenvalue weighted by atomic mass is 16.5. The second-order valence-electron chi connectivity index (χ2n) is 6.13. The van der Waals surface area contributed by atoms with Crippen LogP contribution in [-0.4, -0.2) is 22.4 Å². The normalized spacial score (nSPS) is 13.8. The van der Waals surface area contributed by atoms with E-state index in [0.29, 0.717) is 24.7 Å². The van der Waals surface area contributed by atoms with E-state index in [2.05, 4.69) is 21.4 Å². The summed E-state index contributed by atoms with van der Waals surface area (Å²) < 4.78 is 5.64. The number of hydrogen-bond acceptors (Lipinski definition) is 4. The third kappa shape index (κ3) is 5.41. The minimum absolute atomic E-state index is 0.191. The predicted molar refractivity (Wildman–Crippen MR) is 96.3 cm³/mol. The van der Waals surface area contributed by atoms with Crippen molar-refractivity contribution in [2.24, 2.45) is 0 Å². The number of amides is 1. The summed E-state index contributed by atoms with van der Waals surface area (Å²) in [4.78, 5) is 20.3. The fraction of sp³-hybridized carbons (Fsp3) is 0.350. The quantitative estimate of drug-likeness (QED) is 0.783. The molecule has 1 amide bonds. The average molecular weight is 337 g/mol. The number of carbonyl (C=O) groups excluding carboxylic acids is 1. The molecule has 1 aromatic heterocycles. The van der Waals surface area contributed by atoms with Gasteiger partial charge in [-0.1, -0.05) is 42.0 Å². The van der Waals surface area contributed by atoms with Crippen LogP contribution in [0.4, 0.5) is 0 Å². The van der Waals surface area contributed by atoms with Crippen molar-refractivity contribution in [3.05, 3.63) is 65.6 Å². The van der Waals surface area contributed by atoms with Crippen LogP contribution in [0.2, 0.25) is 0 Å². The Morgan fingerprint density at radius 1 is 1.16 bits per heavy atom. The molecule has 1 aliphatic rings. The van der Waals surface area contributed by atoms with E-state index in [-0.39, 0.29) is 5.91 Å². The van der Waals surface area contributed by atoms with Crippen LogP contribution < -0.4 is 10.1 Å². The van der Waals surface area contributed by atoms with E-state index in [1.54, 1.807) is 6.07 Å². The molecule has 25 heavy (non-hydrogen) atoms. The Labute approximate surface area is 148 Å². The maximum Gasteiger partial charge on any atom is 0.270 e. The lowest BCUT2D eigenvalue weighted by atomic mass is 9.97. The molecule has 0 spiro atoms. The van der Waals surface area contributed by atoms with Gasteiger partial charge in [0.15, 0.2) is 0 Å². The van der Waals surface area contributed by atoms with Gasteiger partial charge in [-0.3, -0.25) is 4.79 Å². The van der Waals surface area contributed by atoms with Gasteiger partial charge in [0.25, 0.3) is 5.91 Å². The van der Waals surface area contributed by atoms with Gasteiger partial charge in [0.2, 0.25) is 5.88 Å². The number of hydrogen-bond donors (Lipinski definition) is 1. The van der Waals surface area contributed by atoms with E-state index >= 15 is 0 Å². The van der Waals surface area contributed by atoms with Gasteiger partial charge in [-0.25, -0.2) is 9.97 Å². The van der Waals surface area contributed by atoms with E-state index in [0.717, 1.165) is 24.8 Å². The molecule has 0 atom stereocenters. The number of nitrogens with one attached hydrogen (secondary N) is 1. The Morgan fingerprint density at radius 2 is 2.04 bits per heavy atom. The Bertz CT molecular complexity index is 729. The topological polar surface area (TPSA) is 64.1 Å². The molecule has 1 aromatic carbocycles. The first kappa shape index (κ1) is 17.1. The molecule has 0 fully saturated rings. The zero-order chi connectivity index (χ0) is 17.3. The van der Waals surface area contributed by atoms with Gasteiger partial charge in [0.05, 0.1) is 0 Å². The highest BCUT2D eigenvalue weighted by molar-refractivity contribution is 5.92. The van der Waals surface area contributed by atoms with Gasteiger partial charge < -0.3 is 10.1 Å². The molecule has 0 unspecified atom stereocenters. The Hall–Kier alpha value is -2.69. The number of aromatic nitrogens is 2. The van der Waals surface area contributed by atoms with Crippen LogP contribution in [0.1, 0.15) is 48.2 Å². The van der Waals surface area contributed by atoms with Crippen LogP contribution in [0.5, 0.6) is 5.88 Å². The van der Waals surface area contributed by atoms with Gasteiger partial charge >= 0.3 is 0 Å². The van der Waals surface area contributed by atoms with Gasteiger partial charge in [-0.2, -0.15) is 0 Å². The van der Waals surface area contributed by atoms with Crippen LogP contribution >= 0.6 is 0 Å². The smallest absolute Gasteiger partial charge is 0.270 e. The number of benzene rings is 1. The third-order valence-corrected chi connectivity index (χ3v) is 4.22. The zero-order valence-electron chi connectivity index (χ0n) is 14.3. The maximum absolute atomic E-state index is 12.2. The summed E-state index contributed by atoms with van der Waals surface area (Å²) in [7, 11) is 0. The summed E-state index contributed by atoms with van der Waals surface area (Å²) in [6.07, 6.45) is 9.43. The van der Waals surface area contributed by atoms with Crippen molar-refractivity contribution in [3.8, 4) is 5.88 Å². The van der Waals surface area contributed by atoms with Crippen LogP contribution in [0.15, 0.2) is 54.4 Å². The van der Waals surface area contributed by atoms with E-state index < -0.39 is 0 Å². The first-order valence-corrected chi connectivity index (χ1v) is 8.76. The predicted octanol–water partition coefficient (Wildman–Crippen LogP) is 3.68. The monoisotopic (exact) mass is 337 g/mol. The first-order valence-electron chi connectivity index (χ1n) is 8.76. The second kappa shape index (κ2) is 8.97. The lowest BCUT2D eigenvalue weighted by Crippen LogP contribution is -2.26. The van der Waals surface area contributed by atoms with Crippen LogP contribution in [0.3, 0.4) is 0 Å². The number of allylic oxidation sites excluding steroid dienone is 1. The molecule has 3 rings (SSSR count). The van der Waals surface area contributed by atoms with Crippen LogP contribution in [0, 0.1) is 0 Å². The van der Waals surface area contributed by atoms with E-state index in [1.165, 1.54) is 24.7 Å².